The van der Waals surface area contributed by atoms with Crippen LogP contribution >= 0.6 is 0 Å². The molecule has 2 aliphatic carbocycles. The molecule has 0 unspecified atom stereocenters. The van der Waals surface area contributed by atoms with Gasteiger partial charge in [-0.2, -0.15) is 0 Å². The van der Waals surface area contributed by atoms with Crippen LogP contribution in [0.1, 0.15) is 123 Å². The molecule has 0 bridgehead atoms. The molecule has 2 nitrogen and oxygen atoms in total. The summed E-state index contributed by atoms with van der Waals surface area (Å²) >= 11 is 0. The standard InChI is InChI=1S/C83H76N2/c1-4-5-6-7-8-9-10-11-12-13-14-16-27-60-50-58(2)51-65(54-60)66-52-59(3)53-70(55-66)85-81-37-26-22-33-75(81)76-56-64(42-49-82(76)85)63-40-45-68(46-41-63)84(67-43-38-62(39-44-67)61-28-17-15-18-29-61)69-47-48-74-73-32-21-25-36-79(73)83(80(74)57-69)77-34-23-19-30-71(77)72-31-20-24-35-78(72)83/h15,17-26,28-57H,4-14,16,27H2,1-3H3. The molecule has 1 spiro atoms. The van der Waals surface area contributed by atoms with Gasteiger partial charge in [-0.1, -0.05) is 265 Å². The summed E-state index contributed by atoms with van der Waals surface area (Å²) in [5.74, 6) is 0. The molecule has 418 valence electrons. The van der Waals surface area contributed by atoms with Crippen LogP contribution in [-0.2, 0) is 11.8 Å². The van der Waals surface area contributed by atoms with Crippen LogP contribution in [0.2, 0.25) is 0 Å². The number of nitrogens with zero attached hydrogens (tertiary/aromatic N) is 2. The van der Waals surface area contributed by atoms with Crippen LogP contribution in [0.25, 0.3) is 83.1 Å². The zero-order chi connectivity index (χ0) is 57.3. The molecule has 0 saturated heterocycles. The van der Waals surface area contributed by atoms with Gasteiger partial charge in [0.1, 0.15) is 0 Å². The molecule has 11 aromatic carbocycles. The van der Waals surface area contributed by atoms with E-state index in [1.165, 1.54) is 199 Å². The van der Waals surface area contributed by atoms with Gasteiger partial charge in [0.05, 0.1) is 16.4 Å². The summed E-state index contributed by atoms with van der Waals surface area (Å²) in [4.78, 5) is 2.45. The van der Waals surface area contributed by atoms with Crippen molar-refractivity contribution in [2.75, 3.05) is 4.90 Å². The Morgan fingerprint density at radius 1 is 0.318 bits per heavy atom. The Bertz CT molecular complexity index is 4300. The van der Waals surface area contributed by atoms with Crippen molar-refractivity contribution in [3.8, 4) is 61.3 Å². The smallest absolute Gasteiger partial charge is 0.0726 e. The molecule has 0 N–H and O–H groups in total. The van der Waals surface area contributed by atoms with Crippen molar-refractivity contribution in [3.63, 3.8) is 0 Å². The summed E-state index contributed by atoms with van der Waals surface area (Å²) in [6.07, 6.45) is 17.7. The molecule has 1 aromatic heterocycles. The maximum Gasteiger partial charge on any atom is 0.0726 e. The first-order chi connectivity index (χ1) is 41.9. The number of anilines is 3. The topological polar surface area (TPSA) is 8.17 Å². The van der Waals surface area contributed by atoms with Crippen LogP contribution < -0.4 is 4.90 Å². The van der Waals surface area contributed by atoms with Crippen molar-refractivity contribution < 1.29 is 0 Å². The maximum atomic E-state index is 2.49. The number of para-hydroxylation sites is 1. The molecular formula is C83H76N2. The van der Waals surface area contributed by atoms with E-state index in [1.807, 2.05) is 0 Å². The summed E-state index contributed by atoms with van der Waals surface area (Å²) in [7, 11) is 0. The average Bonchev–Trinajstić information content (AvgIpc) is 1.54. The van der Waals surface area contributed by atoms with Crippen LogP contribution in [-0.4, -0.2) is 4.57 Å². The van der Waals surface area contributed by atoms with E-state index in [1.54, 1.807) is 0 Å². The molecule has 0 radical (unpaired) electrons. The van der Waals surface area contributed by atoms with E-state index in [2.05, 4.69) is 279 Å². The van der Waals surface area contributed by atoms with Crippen molar-refractivity contribution in [1.82, 2.24) is 4.57 Å². The summed E-state index contributed by atoms with van der Waals surface area (Å²) < 4.78 is 2.49. The SMILES string of the molecule is CCCCCCCCCCCCCCc1cc(C)cc(-c2cc(C)cc(-n3c4ccccc4c4cc(-c5ccc(N(c6ccc(-c7ccccc7)cc6)c6ccc7c(c6)C6(c8ccccc8-c8ccccc86)c6ccccc6-7)cc5)ccc43)c2)c1. The van der Waals surface area contributed by atoms with Crippen molar-refractivity contribution in [1.29, 1.82) is 0 Å². The highest BCUT2D eigenvalue weighted by Gasteiger charge is 2.51. The zero-order valence-corrected chi connectivity index (χ0v) is 49.8. The second-order valence-electron chi connectivity index (χ2n) is 24.4. The third-order valence-corrected chi connectivity index (χ3v) is 18.7. The Hall–Kier alpha value is -8.98. The zero-order valence-electron chi connectivity index (χ0n) is 49.8. The van der Waals surface area contributed by atoms with Gasteiger partial charge in [0.25, 0.3) is 0 Å². The Balaban J connectivity index is 0.779. The summed E-state index contributed by atoms with van der Waals surface area (Å²) in [6, 6.07) is 94.0. The summed E-state index contributed by atoms with van der Waals surface area (Å²) in [5.41, 5.74) is 28.5. The molecule has 0 fully saturated rings. The number of benzene rings is 11. The lowest BCUT2D eigenvalue weighted by molar-refractivity contribution is 0.544. The number of unbranched alkanes of at least 4 members (excludes halogenated alkanes) is 11. The second-order valence-corrected chi connectivity index (χ2v) is 24.4. The lowest BCUT2D eigenvalue weighted by atomic mass is 9.70. The van der Waals surface area contributed by atoms with Gasteiger partial charge < -0.3 is 9.47 Å². The lowest BCUT2D eigenvalue weighted by Crippen LogP contribution is -2.26. The molecule has 12 aromatic rings. The van der Waals surface area contributed by atoms with E-state index in [0.29, 0.717) is 0 Å². The Labute approximate surface area is 504 Å². The maximum absolute atomic E-state index is 2.49. The molecule has 0 atom stereocenters. The summed E-state index contributed by atoms with van der Waals surface area (Å²) in [5, 5.41) is 2.51. The van der Waals surface area contributed by atoms with Crippen LogP contribution in [0.4, 0.5) is 17.1 Å². The highest BCUT2D eigenvalue weighted by Crippen LogP contribution is 2.63. The molecule has 0 aliphatic heterocycles. The highest BCUT2D eigenvalue weighted by atomic mass is 15.1. The van der Waals surface area contributed by atoms with Crippen molar-refractivity contribution in [2.24, 2.45) is 0 Å². The first-order valence-electron chi connectivity index (χ1n) is 31.7. The monoisotopic (exact) mass is 1100 g/mol. The average molecular weight is 1100 g/mol. The molecule has 85 heavy (non-hydrogen) atoms. The van der Waals surface area contributed by atoms with Crippen molar-refractivity contribution in [2.45, 2.75) is 110 Å². The number of rotatable bonds is 20. The first-order valence-corrected chi connectivity index (χ1v) is 31.7. The van der Waals surface area contributed by atoms with Crippen molar-refractivity contribution >= 4 is 38.9 Å². The lowest BCUT2D eigenvalue weighted by Gasteiger charge is -2.32. The van der Waals surface area contributed by atoms with Crippen molar-refractivity contribution in [3.05, 3.63) is 288 Å². The number of hydrogen-bond donors (Lipinski definition) is 0. The molecule has 2 heteroatoms. The fraction of sp³-hybridized carbons (Fsp3) is 0.205. The van der Waals surface area contributed by atoms with Gasteiger partial charge in [0.2, 0.25) is 0 Å². The Morgan fingerprint density at radius 2 is 0.788 bits per heavy atom. The largest absolute Gasteiger partial charge is 0.310 e. The molecule has 0 amide bonds. The minimum absolute atomic E-state index is 0.443. The molecule has 2 aliphatic rings. The minimum atomic E-state index is -0.443. The number of aryl methyl sites for hydroxylation is 3. The van der Waals surface area contributed by atoms with E-state index >= 15 is 0 Å². The van der Waals surface area contributed by atoms with E-state index in [-0.39, 0.29) is 0 Å². The highest BCUT2D eigenvalue weighted by molar-refractivity contribution is 6.10. The van der Waals surface area contributed by atoms with E-state index in [4.69, 9.17) is 0 Å². The fourth-order valence-electron chi connectivity index (χ4n) is 14.7. The van der Waals surface area contributed by atoms with Gasteiger partial charge in [-0.05, 0) is 182 Å². The molecule has 0 saturated carbocycles. The van der Waals surface area contributed by atoms with Gasteiger partial charge in [-0.25, -0.2) is 0 Å². The predicted molar refractivity (Wildman–Crippen MR) is 362 cm³/mol. The van der Waals surface area contributed by atoms with Gasteiger partial charge in [-0.3, -0.25) is 0 Å². The number of aromatic nitrogens is 1. The third-order valence-electron chi connectivity index (χ3n) is 18.7. The van der Waals surface area contributed by atoms with Gasteiger partial charge in [0, 0.05) is 33.5 Å². The van der Waals surface area contributed by atoms with E-state index in [9.17, 15) is 0 Å². The molecule has 1 heterocycles. The van der Waals surface area contributed by atoms with E-state index in [0.717, 1.165) is 23.5 Å². The summed E-state index contributed by atoms with van der Waals surface area (Å²) in [6.45, 7) is 6.82. The van der Waals surface area contributed by atoms with E-state index < -0.39 is 5.41 Å². The third kappa shape index (κ3) is 10.1. The molecule has 14 rings (SSSR count). The number of hydrogen-bond acceptors (Lipinski definition) is 1. The van der Waals surface area contributed by atoms with Crippen LogP contribution in [0, 0.1) is 13.8 Å². The Kier molecular flexibility index (Phi) is 15.0. The number of fused-ring (bicyclic) bond motifs is 13. The fourth-order valence-corrected chi connectivity index (χ4v) is 14.7. The van der Waals surface area contributed by atoms with Crippen LogP contribution in [0.5, 0.6) is 0 Å². The normalized spacial score (nSPS) is 12.6. The van der Waals surface area contributed by atoms with Crippen LogP contribution in [0.15, 0.2) is 249 Å². The van der Waals surface area contributed by atoms with Gasteiger partial charge in [-0.15, -0.1) is 0 Å². The second kappa shape index (κ2) is 23.6. The molecular weight excluding hydrogens is 1020 g/mol. The van der Waals surface area contributed by atoms with Gasteiger partial charge in [0.15, 0.2) is 0 Å². The van der Waals surface area contributed by atoms with Crippen LogP contribution in [0.3, 0.4) is 0 Å². The quantitative estimate of drug-likeness (QED) is 0.0691. The first kappa shape index (κ1) is 54.0. The Morgan fingerprint density at radius 3 is 1.41 bits per heavy atom. The minimum Gasteiger partial charge on any atom is -0.310 e. The van der Waals surface area contributed by atoms with Gasteiger partial charge >= 0.3 is 0 Å². The predicted octanol–water partition coefficient (Wildman–Crippen LogP) is 23.5.